The number of nitrogens with one attached hydrogen (secondary N) is 1. The molecule has 0 saturated heterocycles. The molecule has 2 aromatic rings. The van der Waals surface area contributed by atoms with Crippen LogP contribution in [0.1, 0.15) is 24.8 Å². The van der Waals surface area contributed by atoms with Crippen molar-refractivity contribution in [2.75, 3.05) is 5.32 Å². The van der Waals surface area contributed by atoms with E-state index in [4.69, 9.17) is 0 Å². The Bertz CT molecular complexity index is 1340. The van der Waals surface area contributed by atoms with Gasteiger partial charge in [-0.15, -0.1) is 4.40 Å². The number of nitrogens with zero attached hydrogens (tertiary/aromatic N) is 3. The number of carbonyl (C=O) groups is 1. The summed E-state index contributed by atoms with van der Waals surface area (Å²) in [5.41, 5.74) is 0.898. The van der Waals surface area contributed by atoms with Crippen LogP contribution < -0.4 is 5.32 Å². The van der Waals surface area contributed by atoms with E-state index in [9.17, 15) is 22.7 Å². The molecule has 4 aliphatic rings. The zero-order chi connectivity index (χ0) is 22.9. The van der Waals surface area contributed by atoms with Gasteiger partial charge < -0.3 is 15.3 Å². The molecule has 0 spiro atoms. The lowest BCUT2D eigenvalue weighted by molar-refractivity contribution is -0.134. The predicted octanol–water partition coefficient (Wildman–Crippen LogP) is 3.00. The van der Waals surface area contributed by atoms with E-state index in [-0.39, 0.29) is 63.9 Å². The lowest BCUT2D eigenvalue weighted by atomic mass is 9.77. The van der Waals surface area contributed by atoms with Crippen LogP contribution in [0.15, 0.2) is 63.4 Å². The standard InChI is InChI=1S/C23H21FN4O4S/c24-15-5-1-12(2-6-15)11-28-20-14-4-3-13(9-14)18(20)21(29)19(23(28)30)22-26-16-7-8-25-10-17(16)33(31,32)27-22/h1-2,5-8,10,13-14,18,20,29H,3-4,9,11H2,(H,26,27)/t13-,14+,18?,20?/m0/s1. The molecule has 6 rings (SSSR count). The fourth-order valence-corrected chi connectivity index (χ4v) is 7.02. The fourth-order valence-electron chi connectivity index (χ4n) is 5.95. The second kappa shape index (κ2) is 7.11. The number of sulfonamides is 1. The van der Waals surface area contributed by atoms with Crippen molar-refractivity contribution in [1.29, 1.82) is 0 Å². The number of aliphatic hydroxyl groups excluding tert-OH is 1. The molecule has 33 heavy (non-hydrogen) atoms. The molecule has 2 fully saturated rings. The van der Waals surface area contributed by atoms with E-state index in [1.807, 2.05) is 0 Å². The maximum Gasteiger partial charge on any atom is 0.287 e. The molecule has 1 aromatic carbocycles. The largest absolute Gasteiger partial charge is 0.511 e. The van der Waals surface area contributed by atoms with Gasteiger partial charge in [0.2, 0.25) is 0 Å². The summed E-state index contributed by atoms with van der Waals surface area (Å²) >= 11 is 0. The van der Waals surface area contributed by atoms with Crippen LogP contribution in [0.25, 0.3) is 0 Å². The summed E-state index contributed by atoms with van der Waals surface area (Å²) < 4.78 is 42.8. The smallest absolute Gasteiger partial charge is 0.287 e. The van der Waals surface area contributed by atoms with Crippen LogP contribution in [0.2, 0.25) is 0 Å². The van der Waals surface area contributed by atoms with Crippen LogP contribution >= 0.6 is 0 Å². The first-order valence-corrected chi connectivity index (χ1v) is 12.3. The highest BCUT2D eigenvalue weighted by Crippen LogP contribution is 2.55. The monoisotopic (exact) mass is 468 g/mol. The van der Waals surface area contributed by atoms with Crippen LogP contribution in [0.4, 0.5) is 10.1 Å². The first-order valence-electron chi connectivity index (χ1n) is 10.9. The van der Waals surface area contributed by atoms with Gasteiger partial charge in [0.05, 0.1) is 5.69 Å². The predicted molar refractivity (Wildman–Crippen MR) is 117 cm³/mol. The number of rotatable bonds is 3. The molecule has 8 nitrogen and oxygen atoms in total. The van der Waals surface area contributed by atoms with Gasteiger partial charge in [0.25, 0.3) is 15.9 Å². The third kappa shape index (κ3) is 3.07. The summed E-state index contributed by atoms with van der Waals surface area (Å²) in [5.74, 6) is -0.902. The molecule has 2 aliphatic carbocycles. The summed E-state index contributed by atoms with van der Waals surface area (Å²) in [7, 11) is -4.10. The molecular weight excluding hydrogens is 447 g/mol. The number of carbonyl (C=O) groups excluding carboxylic acids is 1. The number of fused-ring (bicyclic) bond motifs is 6. The number of amidine groups is 1. The van der Waals surface area contributed by atoms with Gasteiger partial charge in [0.15, 0.2) is 5.84 Å². The van der Waals surface area contributed by atoms with Crippen molar-refractivity contribution in [2.45, 2.75) is 36.7 Å². The number of amides is 1. The van der Waals surface area contributed by atoms with Gasteiger partial charge in [-0.3, -0.25) is 9.78 Å². The van der Waals surface area contributed by atoms with Gasteiger partial charge in [-0.1, -0.05) is 12.1 Å². The van der Waals surface area contributed by atoms with Crippen molar-refractivity contribution in [2.24, 2.45) is 22.2 Å². The Morgan fingerprint density at radius 1 is 1.15 bits per heavy atom. The molecule has 0 radical (unpaired) electrons. The molecular formula is C23H21FN4O4S. The van der Waals surface area contributed by atoms with Crippen molar-refractivity contribution in [1.82, 2.24) is 9.88 Å². The molecule has 2 bridgehead atoms. The fraction of sp³-hybridized carbons (Fsp3) is 0.348. The van der Waals surface area contributed by atoms with E-state index in [2.05, 4.69) is 14.7 Å². The lowest BCUT2D eigenvalue weighted by Gasteiger charge is -2.44. The number of hydrogen-bond donors (Lipinski definition) is 2. The van der Waals surface area contributed by atoms with Crippen LogP contribution in [0.5, 0.6) is 0 Å². The van der Waals surface area contributed by atoms with Crippen molar-refractivity contribution < 1.29 is 22.7 Å². The van der Waals surface area contributed by atoms with Gasteiger partial charge in [0, 0.05) is 30.9 Å². The van der Waals surface area contributed by atoms with Gasteiger partial charge >= 0.3 is 0 Å². The molecule has 2 unspecified atom stereocenters. The van der Waals surface area contributed by atoms with Crippen LogP contribution in [0, 0.1) is 23.6 Å². The lowest BCUT2D eigenvalue weighted by Crippen LogP contribution is -2.53. The van der Waals surface area contributed by atoms with Crippen molar-refractivity contribution in [3.8, 4) is 0 Å². The topological polar surface area (TPSA) is 112 Å². The van der Waals surface area contributed by atoms with E-state index >= 15 is 0 Å². The van der Waals surface area contributed by atoms with E-state index in [1.54, 1.807) is 17.0 Å². The number of hydrogen-bond acceptors (Lipinski definition) is 6. The number of aliphatic hydroxyl groups is 1. The maximum atomic E-state index is 13.8. The Kier molecular flexibility index (Phi) is 4.39. The number of aromatic nitrogens is 1. The maximum absolute atomic E-state index is 13.8. The summed E-state index contributed by atoms with van der Waals surface area (Å²) in [6.07, 6.45) is 5.48. The first kappa shape index (κ1) is 20.3. The highest BCUT2D eigenvalue weighted by molar-refractivity contribution is 7.90. The van der Waals surface area contributed by atoms with Gasteiger partial charge in [-0.2, -0.15) is 8.42 Å². The van der Waals surface area contributed by atoms with Crippen LogP contribution in [0.3, 0.4) is 0 Å². The summed E-state index contributed by atoms with van der Waals surface area (Å²) in [6.45, 7) is 0.237. The second-order valence-electron chi connectivity index (χ2n) is 9.08. The molecule has 10 heteroatoms. The molecule has 170 valence electrons. The molecule has 2 N–H and O–H groups in total. The Hall–Kier alpha value is -3.27. The van der Waals surface area contributed by atoms with Gasteiger partial charge in [0.1, 0.15) is 22.0 Å². The molecule has 3 heterocycles. The normalized spacial score (nSPS) is 29.4. The quantitative estimate of drug-likeness (QED) is 0.716. The van der Waals surface area contributed by atoms with E-state index in [1.165, 1.54) is 30.6 Å². The molecule has 2 aliphatic heterocycles. The van der Waals surface area contributed by atoms with Crippen LogP contribution in [-0.2, 0) is 21.4 Å². The zero-order valence-corrected chi connectivity index (χ0v) is 18.3. The highest BCUT2D eigenvalue weighted by atomic mass is 32.2. The van der Waals surface area contributed by atoms with Crippen LogP contribution in [-0.4, -0.2) is 41.2 Å². The summed E-state index contributed by atoms with van der Waals surface area (Å²) in [4.78, 5) is 19.2. The minimum atomic E-state index is -4.10. The Morgan fingerprint density at radius 3 is 2.70 bits per heavy atom. The number of benzene rings is 1. The zero-order valence-electron chi connectivity index (χ0n) is 17.5. The molecule has 1 amide bonds. The van der Waals surface area contributed by atoms with E-state index in [0.717, 1.165) is 24.8 Å². The molecule has 4 atom stereocenters. The number of anilines is 1. The van der Waals surface area contributed by atoms with Crippen molar-refractivity contribution >= 4 is 27.5 Å². The SMILES string of the molecule is O=C1C(C2=NS(=O)(=O)c3cnccc3N2)=C(O)C2C([C@@H]3CC[C@H]2C3)N1Cc1ccc(F)cc1. The Balaban J connectivity index is 1.45. The minimum absolute atomic E-state index is 0.0851. The van der Waals surface area contributed by atoms with Gasteiger partial charge in [-0.25, -0.2) is 4.39 Å². The van der Waals surface area contributed by atoms with Crippen molar-refractivity contribution in [3.63, 3.8) is 0 Å². The van der Waals surface area contributed by atoms with Crippen molar-refractivity contribution in [3.05, 3.63) is 65.4 Å². The average Bonchev–Trinajstić information content (AvgIpc) is 3.40. The third-order valence-corrected chi connectivity index (χ3v) is 8.61. The first-order chi connectivity index (χ1) is 15.8. The van der Waals surface area contributed by atoms with Gasteiger partial charge in [-0.05, 0) is 54.9 Å². The number of pyridine rings is 1. The highest BCUT2D eigenvalue weighted by Gasteiger charge is 2.57. The number of halogens is 1. The second-order valence-corrected chi connectivity index (χ2v) is 10.7. The third-order valence-electron chi connectivity index (χ3n) is 7.31. The minimum Gasteiger partial charge on any atom is -0.511 e. The van der Waals surface area contributed by atoms with E-state index < -0.39 is 15.9 Å². The molecule has 2 saturated carbocycles. The molecule has 1 aromatic heterocycles. The summed E-state index contributed by atoms with van der Waals surface area (Å²) in [5, 5.41) is 14.2. The Morgan fingerprint density at radius 2 is 1.91 bits per heavy atom. The van der Waals surface area contributed by atoms with E-state index in [0.29, 0.717) is 0 Å². The summed E-state index contributed by atoms with van der Waals surface area (Å²) in [6, 6.07) is 7.27. The average molecular weight is 469 g/mol. The Labute approximate surface area is 189 Å².